The fourth-order valence-corrected chi connectivity index (χ4v) is 3.05. The van der Waals surface area contributed by atoms with Gasteiger partial charge in [-0.2, -0.15) is 0 Å². The third-order valence-corrected chi connectivity index (χ3v) is 5.13. The van der Waals surface area contributed by atoms with E-state index in [4.69, 9.17) is 5.11 Å². The topological polar surface area (TPSA) is 90.8 Å². The summed E-state index contributed by atoms with van der Waals surface area (Å²) in [5.74, 6) is -0.387. The highest BCUT2D eigenvalue weighted by Crippen LogP contribution is 2.25. The maximum absolute atomic E-state index is 11.9. The lowest BCUT2D eigenvalue weighted by Gasteiger charge is -2.22. The molecule has 1 unspecified atom stereocenters. The van der Waals surface area contributed by atoms with E-state index in [9.17, 15) is 13.2 Å². The Morgan fingerprint density at radius 2 is 2.15 bits per heavy atom. The van der Waals surface area contributed by atoms with Gasteiger partial charge in [0, 0.05) is 26.8 Å². The molecule has 1 aromatic heterocycles. The minimum Gasteiger partial charge on any atom is -0.480 e. The first-order chi connectivity index (χ1) is 9.34. The Balaban J connectivity index is 2.27. The molecule has 0 aromatic carbocycles. The van der Waals surface area contributed by atoms with Crippen LogP contribution in [0.2, 0.25) is 0 Å². The highest BCUT2D eigenvalue weighted by Gasteiger charge is 2.31. The molecule has 2 heterocycles. The summed E-state index contributed by atoms with van der Waals surface area (Å²) in [4.78, 5) is 17.0. The number of rotatable bonds is 4. The van der Waals surface area contributed by atoms with Crippen LogP contribution in [-0.2, 0) is 14.8 Å². The van der Waals surface area contributed by atoms with Crippen LogP contribution in [0.5, 0.6) is 0 Å². The van der Waals surface area contributed by atoms with Gasteiger partial charge in [0.1, 0.15) is 16.8 Å². The molecule has 1 N–H and O–H groups in total. The summed E-state index contributed by atoms with van der Waals surface area (Å²) in [6, 6.07) is 2.42. The van der Waals surface area contributed by atoms with Crippen molar-refractivity contribution in [3.63, 3.8) is 0 Å². The third-order valence-electron chi connectivity index (χ3n) is 3.33. The van der Waals surface area contributed by atoms with Gasteiger partial charge in [0.05, 0.1) is 0 Å². The molecule has 8 heteroatoms. The molecule has 20 heavy (non-hydrogen) atoms. The molecule has 1 aromatic rings. The number of aromatic nitrogens is 1. The van der Waals surface area contributed by atoms with Gasteiger partial charge >= 0.3 is 5.97 Å². The molecule has 0 bridgehead atoms. The summed E-state index contributed by atoms with van der Waals surface area (Å²) in [6.07, 6.45) is 2.63. The number of aliphatic carboxylic acids is 1. The summed E-state index contributed by atoms with van der Waals surface area (Å²) < 4.78 is 24.9. The van der Waals surface area contributed by atoms with Crippen molar-refractivity contribution in [2.24, 2.45) is 0 Å². The van der Waals surface area contributed by atoms with Gasteiger partial charge in [-0.25, -0.2) is 22.5 Å². The standard InChI is InChI=1S/C12H17N3O4S/c1-14(2)20(18,19)9-5-6-11(13-8-9)15-7-3-4-10(15)12(16)17/h5-6,8,10H,3-4,7H2,1-2H3,(H,16,17). The second-order valence-electron chi connectivity index (χ2n) is 4.83. The number of carbonyl (C=O) groups is 1. The van der Waals surface area contributed by atoms with Gasteiger partial charge in [0.2, 0.25) is 10.0 Å². The van der Waals surface area contributed by atoms with Crippen LogP contribution in [0, 0.1) is 0 Å². The van der Waals surface area contributed by atoms with Crippen molar-refractivity contribution < 1.29 is 18.3 Å². The molecular weight excluding hydrogens is 282 g/mol. The van der Waals surface area contributed by atoms with Crippen molar-refractivity contribution in [1.29, 1.82) is 0 Å². The number of hydrogen-bond donors (Lipinski definition) is 1. The average Bonchev–Trinajstić information content (AvgIpc) is 2.88. The molecule has 110 valence electrons. The van der Waals surface area contributed by atoms with Crippen molar-refractivity contribution in [1.82, 2.24) is 9.29 Å². The number of carboxylic acids is 1. The predicted molar refractivity (Wildman–Crippen MR) is 73.1 cm³/mol. The quantitative estimate of drug-likeness (QED) is 0.864. The maximum Gasteiger partial charge on any atom is 0.326 e. The maximum atomic E-state index is 11.9. The SMILES string of the molecule is CN(C)S(=O)(=O)c1ccc(N2CCCC2C(=O)O)nc1. The van der Waals surface area contributed by atoms with Gasteiger partial charge in [-0.3, -0.25) is 0 Å². The highest BCUT2D eigenvalue weighted by molar-refractivity contribution is 7.89. The molecule has 7 nitrogen and oxygen atoms in total. The van der Waals surface area contributed by atoms with Gasteiger partial charge in [-0.1, -0.05) is 0 Å². The van der Waals surface area contributed by atoms with Crippen LogP contribution in [0.15, 0.2) is 23.2 Å². The van der Waals surface area contributed by atoms with Crippen molar-refractivity contribution in [3.05, 3.63) is 18.3 Å². The number of pyridine rings is 1. The van der Waals surface area contributed by atoms with E-state index in [0.717, 1.165) is 10.7 Å². The molecule has 0 amide bonds. The number of nitrogens with zero attached hydrogens (tertiary/aromatic N) is 3. The van der Waals surface area contributed by atoms with Crippen LogP contribution in [-0.4, -0.2) is 55.5 Å². The Morgan fingerprint density at radius 1 is 1.45 bits per heavy atom. The van der Waals surface area contributed by atoms with Crippen LogP contribution in [0.1, 0.15) is 12.8 Å². The normalized spacial score (nSPS) is 19.6. The Labute approximate surface area is 117 Å². The Kier molecular flexibility index (Phi) is 3.96. The van der Waals surface area contributed by atoms with E-state index in [2.05, 4.69) is 4.98 Å². The van der Waals surface area contributed by atoms with Crippen molar-refractivity contribution >= 4 is 21.8 Å². The van der Waals surface area contributed by atoms with Gasteiger partial charge < -0.3 is 10.0 Å². The van der Waals surface area contributed by atoms with Crippen LogP contribution < -0.4 is 4.90 Å². The first-order valence-electron chi connectivity index (χ1n) is 6.22. The minimum atomic E-state index is -3.51. The summed E-state index contributed by atoms with van der Waals surface area (Å²) >= 11 is 0. The van der Waals surface area contributed by atoms with E-state index < -0.39 is 22.0 Å². The van der Waals surface area contributed by atoms with Crippen molar-refractivity contribution in [2.45, 2.75) is 23.8 Å². The highest BCUT2D eigenvalue weighted by atomic mass is 32.2. The van der Waals surface area contributed by atoms with Crippen LogP contribution in [0.4, 0.5) is 5.82 Å². The van der Waals surface area contributed by atoms with Crippen LogP contribution >= 0.6 is 0 Å². The Morgan fingerprint density at radius 3 is 2.65 bits per heavy atom. The molecule has 1 aliphatic heterocycles. The molecule has 1 saturated heterocycles. The van der Waals surface area contributed by atoms with E-state index >= 15 is 0 Å². The lowest BCUT2D eigenvalue weighted by Crippen LogP contribution is -2.36. The second kappa shape index (κ2) is 5.37. The Hall–Kier alpha value is -1.67. The lowest BCUT2D eigenvalue weighted by molar-refractivity contribution is -0.138. The van der Waals surface area contributed by atoms with Crippen LogP contribution in [0.3, 0.4) is 0 Å². The van der Waals surface area contributed by atoms with Gasteiger partial charge in [0.15, 0.2) is 0 Å². The Bertz CT molecular complexity index is 598. The largest absolute Gasteiger partial charge is 0.480 e. The molecule has 0 aliphatic carbocycles. The van der Waals surface area contributed by atoms with E-state index in [1.165, 1.54) is 26.4 Å². The first kappa shape index (κ1) is 14.7. The molecule has 0 spiro atoms. The summed E-state index contributed by atoms with van der Waals surface area (Å²) in [7, 11) is -0.614. The first-order valence-corrected chi connectivity index (χ1v) is 7.66. The molecular formula is C12H17N3O4S. The molecule has 1 atom stereocenters. The third kappa shape index (κ3) is 2.61. The van der Waals surface area contributed by atoms with E-state index in [-0.39, 0.29) is 4.90 Å². The number of carboxylic acid groups (broad SMARTS) is 1. The summed E-state index contributed by atoms with van der Waals surface area (Å²) in [5, 5.41) is 9.13. The van der Waals surface area contributed by atoms with Crippen LogP contribution in [0.25, 0.3) is 0 Å². The van der Waals surface area contributed by atoms with Gasteiger partial charge in [-0.05, 0) is 25.0 Å². The number of sulfonamides is 1. The van der Waals surface area contributed by atoms with E-state index in [1.807, 2.05) is 0 Å². The van der Waals surface area contributed by atoms with Gasteiger partial charge in [0.25, 0.3) is 0 Å². The molecule has 2 rings (SSSR count). The zero-order valence-corrected chi connectivity index (χ0v) is 12.2. The lowest BCUT2D eigenvalue weighted by atomic mass is 10.2. The monoisotopic (exact) mass is 299 g/mol. The molecule has 1 aliphatic rings. The summed E-state index contributed by atoms with van der Waals surface area (Å²) in [5.41, 5.74) is 0. The van der Waals surface area contributed by atoms with Crippen molar-refractivity contribution in [3.8, 4) is 0 Å². The summed E-state index contributed by atoms with van der Waals surface area (Å²) in [6.45, 7) is 0.615. The fraction of sp³-hybridized carbons (Fsp3) is 0.500. The zero-order chi connectivity index (χ0) is 14.9. The van der Waals surface area contributed by atoms with Gasteiger partial charge in [-0.15, -0.1) is 0 Å². The van der Waals surface area contributed by atoms with Crippen molar-refractivity contribution in [2.75, 3.05) is 25.5 Å². The van der Waals surface area contributed by atoms with E-state index in [1.54, 1.807) is 11.0 Å². The fourth-order valence-electron chi connectivity index (χ4n) is 2.20. The van der Waals surface area contributed by atoms with E-state index in [0.29, 0.717) is 18.8 Å². The zero-order valence-electron chi connectivity index (χ0n) is 11.4. The minimum absolute atomic E-state index is 0.0947. The predicted octanol–water partition coefficient (Wildman–Crippen LogP) is 0.385. The molecule has 0 radical (unpaired) electrons. The molecule has 0 saturated carbocycles. The number of hydrogen-bond acceptors (Lipinski definition) is 5. The molecule has 1 fully saturated rings. The second-order valence-corrected chi connectivity index (χ2v) is 6.98. The average molecular weight is 299 g/mol. The number of anilines is 1. The smallest absolute Gasteiger partial charge is 0.326 e.